The van der Waals surface area contributed by atoms with Crippen LogP contribution in [0.15, 0.2) is 59.2 Å². The molecule has 1 N–H and O–H groups in total. The number of hydrogen-bond acceptors (Lipinski definition) is 5. The molecule has 0 saturated heterocycles. The molecule has 3 rings (SSSR count). The minimum Gasteiger partial charge on any atom is -0.456 e. The van der Waals surface area contributed by atoms with Gasteiger partial charge in [0, 0.05) is 25.3 Å². The molecule has 7 nitrogen and oxygen atoms in total. The number of anilines is 1. The zero-order valence-corrected chi connectivity index (χ0v) is 15.6. The number of Topliss-reactive ketones (excluding diaryl/α,β-unsaturated/α-hetero) is 1. The van der Waals surface area contributed by atoms with Crippen LogP contribution in [0.4, 0.5) is 19.0 Å². The Morgan fingerprint density at radius 2 is 2.03 bits per heavy atom. The summed E-state index contributed by atoms with van der Waals surface area (Å²) in [6.45, 7) is 1.67. The van der Waals surface area contributed by atoms with Crippen molar-refractivity contribution in [2.75, 3.05) is 5.32 Å². The van der Waals surface area contributed by atoms with E-state index < -0.39 is 12.3 Å². The first kappa shape index (κ1) is 20.9. The highest BCUT2D eigenvalue weighted by molar-refractivity contribution is 6.01. The van der Waals surface area contributed by atoms with Gasteiger partial charge >= 0.3 is 6.36 Å². The molecule has 0 saturated carbocycles. The van der Waals surface area contributed by atoms with E-state index in [1.165, 1.54) is 29.8 Å². The number of nitrogens with one attached hydrogen (secondary N) is 1. The normalized spacial score (nSPS) is 11.6. The maximum absolute atomic E-state index is 12.3. The molecule has 0 spiro atoms. The summed E-state index contributed by atoms with van der Waals surface area (Å²) in [6, 6.07) is 10.0. The number of benzene rings is 1. The summed E-state index contributed by atoms with van der Waals surface area (Å²) in [4.78, 5) is 23.3. The first-order valence-electron chi connectivity index (χ1n) is 8.66. The summed E-state index contributed by atoms with van der Waals surface area (Å²) in [7, 11) is 0. The molecule has 0 bridgehead atoms. The number of hydrogen-bond donors (Lipinski definition) is 1. The van der Waals surface area contributed by atoms with Crippen LogP contribution in [0.2, 0.25) is 0 Å². The third-order valence-electron chi connectivity index (χ3n) is 3.74. The second-order valence-electron chi connectivity index (χ2n) is 6.16. The Balaban J connectivity index is 1.57. The Kier molecular flexibility index (Phi) is 6.05. The van der Waals surface area contributed by atoms with Crippen LogP contribution in [0.1, 0.15) is 28.8 Å². The van der Waals surface area contributed by atoms with E-state index in [1.807, 2.05) is 0 Å². The molecule has 0 atom stereocenters. The standard InChI is InChI=1S/C20H16F3N3O4/c1-13(27)17-7-6-16(29-17)12-26-10-9-18(25-26)24-19(28)8-5-14-3-2-4-15(11-14)30-20(21,22)23/h2-11H,12H2,1H3,(H,24,25,28)/b8-5+. The molecule has 1 amide bonds. The van der Waals surface area contributed by atoms with E-state index in [-0.39, 0.29) is 29.7 Å². The van der Waals surface area contributed by atoms with E-state index >= 15 is 0 Å². The van der Waals surface area contributed by atoms with Crippen LogP contribution in [0, 0.1) is 0 Å². The molecule has 0 aliphatic carbocycles. The molecule has 156 valence electrons. The molecular weight excluding hydrogens is 403 g/mol. The second-order valence-corrected chi connectivity index (χ2v) is 6.16. The number of carbonyl (C=O) groups excluding carboxylic acids is 2. The van der Waals surface area contributed by atoms with Crippen molar-refractivity contribution < 1.29 is 31.9 Å². The topological polar surface area (TPSA) is 86.4 Å². The van der Waals surface area contributed by atoms with Gasteiger partial charge in [-0.05, 0) is 35.9 Å². The molecule has 0 aliphatic rings. The zero-order chi connectivity index (χ0) is 21.7. The molecule has 2 aromatic heterocycles. The Morgan fingerprint density at radius 3 is 2.73 bits per heavy atom. The fourth-order valence-corrected chi connectivity index (χ4v) is 2.48. The predicted octanol–water partition coefficient (Wildman–Crippen LogP) is 4.28. The van der Waals surface area contributed by atoms with E-state index in [9.17, 15) is 22.8 Å². The molecule has 10 heteroatoms. The van der Waals surface area contributed by atoms with Crippen LogP contribution in [0.25, 0.3) is 6.08 Å². The summed E-state index contributed by atoms with van der Waals surface area (Å²) in [6.07, 6.45) is -0.659. The number of furan rings is 1. The SMILES string of the molecule is CC(=O)c1ccc(Cn2ccc(NC(=O)/C=C/c3cccc(OC(F)(F)F)c3)n2)o1. The van der Waals surface area contributed by atoms with E-state index in [4.69, 9.17) is 4.42 Å². The van der Waals surface area contributed by atoms with Gasteiger partial charge in [0.05, 0.1) is 6.54 Å². The molecule has 1 aromatic carbocycles. The predicted molar refractivity (Wildman–Crippen MR) is 101 cm³/mol. The van der Waals surface area contributed by atoms with Gasteiger partial charge in [-0.15, -0.1) is 13.2 Å². The summed E-state index contributed by atoms with van der Waals surface area (Å²) < 4.78 is 47.5. The highest BCUT2D eigenvalue weighted by Crippen LogP contribution is 2.23. The van der Waals surface area contributed by atoms with Crippen molar-refractivity contribution in [1.29, 1.82) is 0 Å². The van der Waals surface area contributed by atoms with Crippen molar-refractivity contribution in [2.45, 2.75) is 19.8 Å². The van der Waals surface area contributed by atoms with Crippen LogP contribution < -0.4 is 10.1 Å². The summed E-state index contributed by atoms with van der Waals surface area (Å²) >= 11 is 0. The maximum Gasteiger partial charge on any atom is 0.573 e. The van der Waals surface area contributed by atoms with E-state index in [2.05, 4.69) is 15.2 Å². The van der Waals surface area contributed by atoms with Gasteiger partial charge in [0.2, 0.25) is 5.91 Å². The molecule has 3 aromatic rings. The van der Waals surface area contributed by atoms with Crippen LogP contribution in [0.3, 0.4) is 0 Å². The molecule has 0 fully saturated rings. The highest BCUT2D eigenvalue weighted by Gasteiger charge is 2.31. The number of nitrogens with zero attached hydrogens (tertiary/aromatic N) is 2. The monoisotopic (exact) mass is 419 g/mol. The van der Waals surface area contributed by atoms with Crippen molar-refractivity contribution >= 4 is 23.6 Å². The quantitative estimate of drug-likeness (QED) is 0.456. The molecule has 2 heterocycles. The van der Waals surface area contributed by atoms with Crippen molar-refractivity contribution in [2.24, 2.45) is 0 Å². The summed E-state index contributed by atoms with van der Waals surface area (Å²) in [5.74, 6) is -0.0226. The van der Waals surface area contributed by atoms with Crippen LogP contribution in [-0.4, -0.2) is 27.8 Å². The van der Waals surface area contributed by atoms with Gasteiger partial charge in [0.1, 0.15) is 11.5 Å². The van der Waals surface area contributed by atoms with Gasteiger partial charge in [0.25, 0.3) is 0 Å². The number of ether oxygens (including phenoxy) is 1. The molecule has 0 radical (unpaired) electrons. The molecule has 0 aliphatic heterocycles. The van der Waals surface area contributed by atoms with Gasteiger partial charge in [-0.2, -0.15) is 5.10 Å². The lowest BCUT2D eigenvalue weighted by molar-refractivity contribution is -0.274. The molecule has 0 unspecified atom stereocenters. The lowest BCUT2D eigenvalue weighted by atomic mass is 10.2. The largest absolute Gasteiger partial charge is 0.573 e. The van der Waals surface area contributed by atoms with Gasteiger partial charge in [-0.1, -0.05) is 12.1 Å². The number of ketones is 1. The first-order valence-corrected chi connectivity index (χ1v) is 8.66. The maximum atomic E-state index is 12.3. The van der Waals surface area contributed by atoms with Gasteiger partial charge in [0.15, 0.2) is 17.4 Å². The van der Waals surface area contributed by atoms with Gasteiger partial charge in [-0.25, -0.2) is 0 Å². The smallest absolute Gasteiger partial charge is 0.456 e. The molecular formula is C20H16F3N3O4. The third kappa shape index (κ3) is 6.09. The fraction of sp³-hybridized carbons (Fsp3) is 0.150. The number of carbonyl (C=O) groups is 2. The Labute approximate surface area is 168 Å². The average Bonchev–Trinajstić information content (AvgIpc) is 3.29. The summed E-state index contributed by atoms with van der Waals surface area (Å²) in [5.41, 5.74) is 0.358. The van der Waals surface area contributed by atoms with E-state index in [0.717, 1.165) is 18.2 Å². The van der Waals surface area contributed by atoms with Crippen LogP contribution in [-0.2, 0) is 11.3 Å². The Morgan fingerprint density at radius 1 is 1.23 bits per heavy atom. The van der Waals surface area contributed by atoms with Crippen molar-refractivity contribution in [3.63, 3.8) is 0 Å². The van der Waals surface area contributed by atoms with Gasteiger partial charge < -0.3 is 14.5 Å². The van der Waals surface area contributed by atoms with Crippen LogP contribution in [0.5, 0.6) is 5.75 Å². The second kappa shape index (κ2) is 8.68. The minimum absolute atomic E-state index is 0.183. The first-order chi connectivity index (χ1) is 14.2. The van der Waals surface area contributed by atoms with E-state index in [0.29, 0.717) is 11.3 Å². The minimum atomic E-state index is -4.79. The molecule has 30 heavy (non-hydrogen) atoms. The highest BCUT2D eigenvalue weighted by atomic mass is 19.4. The lowest BCUT2D eigenvalue weighted by Gasteiger charge is -2.08. The number of rotatable bonds is 7. The number of amides is 1. The number of alkyl halides is 3. The Hall–Kier alpha value is -3.82. The Bertz CT molecular complexity index is 1080. The van der Waals surface area contributed by atoms with Gasteiger partial charge in [-0.3, -0.25) is 14.3 Å². The fourth-order valence-electron chi connectivity index (χ4n) is 2.48. The summed E-state index contributed by atoms with van der Waals surface area (Å²) in [5, 5.41) is 6.71. The van der Waals surface area contributed by atoms with Crippen molar-refractivity contribution in [3.8, 4) is 5.75 Å². The van der Waals surface area contributed by atoms with Crippen LogP contribution >= 0.6 is 0 Å². The number of aromatic nitrogens is 2. The van der Waals surface area contributed by atoms with Crippen molar-refractivity contribution in [1.82, 2.24) is 9.78 Å². The lowest BCUT2D eigenvalue weighted by Crippen LogP contribution is -2.17. The van der Waals surface area contributed by atoms with Crippen molar-refractivity contribution in [3.05, 3.63) is 71.8 Å². The zero-order valence-electron chi connectivity index (χ0n) is 15.6. The van der Waals surface area contributed by atoms with E-state index in [1.54, 1.807) is 24.4 Å². The number of halogens is 3. The average molecular weight is 419 g/mol. The third-order valence-corrected chi connectivity index (χ3v) is 3.74.